The van der Waals surface area contributed by atoms with E-state index in [1.54, 1.807) is 24.7 Å². The molecule has 0 aliphatic carbocycles. The Morgan fingerprint density at radius 1 is 1.46 bits per heavy atom. The second-order valence-corrected chi connectivity index (χ2v) is 2.34. The fourth-order valence-electron chi connectivity index (χ4n) is 0.901. The van der Waals surface area contributed by atoms with Crippen LogP contribution in [0.4, 0.5) is 0 Å². The van der Waals surface area contributed by atoms with E-state index < -0.39 is 0 Å². The minimum atomic E-state index is 0.660. The van der Waals surface area contributed by atoms with Crippen molar-refractivity contribution in [2.75, 3.05) is 0 Å². The predicted octanol–water partition coefficient (Wildman–Crippen LogP) is 2.09. The highest BCUT2D eigenvalue weighted by molar-refractivity contribution is 5.69. The Hall–Kier alpha value is -1.77. The molecular weight excluding hydrogens is 162 g/mol. The summed E-state index contributed by atoms with van der Waals surface area (Å²) < 4.78 is 0. The fourth-order valence-corrected chi connectivity index (χ4v) is 0.901. The average Bonchev–Trinajstić information content (AvgIpc) is 2.19. The van der Waals surface area contributed by atoms with Crippen LogP contribution in [0, 0.1) is 0 Å². The maximum Gasteiger partial charge on any atom is 0.160 e. The number of hydrogen-bond donors (Lipinski definition) is 0. The highest BCUT2D eigenvalue weighted by Crippen LogP contribution is 2.09. The van der Waals surface area contributed by atoms with Crippen molar-refractivity contribution < 1.29 is 0 Å². The Morgan fingerprint density at radius 2 is 2.15 bits per heavy atom. The smallest absolute Gasteiger partial charge is 0.160 e. The van der Waals surface area contributed by atoms with E-state index in [2.05, 4.69) is 21.7 Å². The standard InChI is InChI=1S/C10H11N3/c1-3-5-9(8-11-2)10-12-6-4-7-13-10/h3-8H,2H2,1H3/b5-3-,9-8+. The van der Waals surface area contributed by atoms with Crippen LogP contribution in [0.1, 0.15) is 12.7 Å². The zero-order chi connectivity index (χ0) is 9.52. The first kappa shape index (κ1) is 9.32. The van der Waals surface area contributed by atoms with E-state index in [-0.39, 0.29) is 0 Å². The molecule has 0 bridgehead atoms. The number of hydrogen-bond acceptors (Lipinski definition) is 3. The molecule has 0 saturated carbocycles. The zero-order valence-corrected chi connectivity index (χ0v) is 7.51. The van der Waals surface area contributed by atoms with E-state index in [1.807, 2.05) is 19.1 Å². The van der Waals surface area contributed by atoms with E-state index in [9.17, 15) is 0 Å². The minimum absolute atomic E-state index is 0.660. The molecule has 0 aromatic carbocycles. The lowest BCUT2D eigenvalue weighted by Crippen LogP contribution is -1.89. The average molecular weight is 173 g/mol. The molecule has 0 aliphatic rings. The highest BCUT2D eigenvalue weighted by atomic mass is 14.9. The lowest BCUT2D eigenvalue weighted by molar-refractivity contribution is 1.12. The first-order valence-electron chi connectivity index (χ1n) is 3.94. The van der Waals surface area contributed by atoms with Gasteiger partial charge in [-0.05, 0) is 19.7 Å². The molecule has 1 heterocycles. The molecular formula is C10H11N3. The van der Waals surface area contributed by atoms with Crippen LogP contribution in [-0.4, -0.2) is 16.7 Å². The molecule has 0 unspecified atom stereocenters. The molecule has 1 aromatic rings. The SMILES string of the molecule is C=N/C=C(\C=C/C)c1ncccn1. The van der Waals surface area contributed by atoms with Crippen LogP contribution in [0.3, 0.4) is 0 Å². The summed E-state index contributed by atoms with van der Waals surface area (Å²) in [6, 6.07) is 1.78. The predicted molar refractivity (Wildman–Crippen MR) is 54.4 cm³/mol. The third-order valence-electron chi connectivity index (χ3n) is 1.40. The highest BCUT2D eigenvalue weighted by Gasteiger charge is 1.97. The number of aliphatic imine (C=N–C) groups is 1. The minimum Gasteiger partial charge on any atom is -0.272 e. The molecule has 3 heteroatoms. The van der Waals surface area contributed by atoms with Gasteiger partial charge in [-0.3, -0.25) is 4.99 Å². The van der Waals surface area contributed by atoms with Crippen molar-refractivity contribution >= 4 is 12.3 Å². The van der Waals surface area contributed by atoms with Crippen molar-refractivity contribution in [3.63, 3.8) is 0 Å². The fraction of sp³-hybridized carbons (Fsp3) is 0.100. The summed E-state index contributed by atoms with van der Waals surface area (Å²) >= 11 is 0. The lowest BCUT2D eigenvalue weighted by atomic mass is 10.2. The monoisotopic (exact) mass is 173 g/mol. The van der Waals surface area contributed by atoms with Crippen molar-refractivity contribution in [2.24, 2.45) is 4.99 Å². The van der Waals surface area contributed by atoms with Gasteiger partial charge >= 0.3 is 0 Å². The molecule has 66 valence electrons. The Bertz CT molecular complexity index is 325. The number of allylic oxidation sites excluding steroid dienone is 3. The molecule has 0 N–H and O–H groups in total. The van der Waals surface area contributed by atoms with E-state index in [0.717, 1.165) is 5.57 Å². The quantitative estimate of drug-likeness (QED) is 0.518. The normalized spacial score (nSPS) is 11.9. The topological polar surface area (TPSA) is 38.1 Å². The second kappa shape index (κ2) is 4.98. The van der Waals surface area contributed by atoms with Gasteiger partial charge in [0.2, 0.25) is 0 Å². The van der Waals surface area contributed by atoms with Crippen LogP contribution in [0.2, 0.25) is 0 Å². The van der Waals surface area contributed by atoms with E-state index >= 15 is 0 Å². The maximum absolute atomic E-state index is 4.10. The molecule has 0 atom stereocenters. The summed E-state index contributed by atoms with van der Waals surface area (Å²) in [5.74, 6) is 0.660. The molecule has 0 spiro atoms. The third kappa shape index (κ3) is 2.63. The maximum atomic E-state index is 4.10. The Balaban J connectivity index is 3.03. The molecule has 3 nitrogen and oxygen atoms in total. The largest absolute Gasteiger partial charge is 0.272 e. The number of rotatable bonds is 3. The summed E-state index contributed by atoms with van der Waals surface area (Å²) in [4.78, 5) is 11.9. The van der Waals surface area contributed by atoms with Gasteiger partial charge in [-0.1, -0.05) is 12.2 Å². The van der Waals surface area contributed by atoms with Gasteiger partial charge in [0.25, 0.3) is 0 Å². The van der Waals surface area contributed by atoms with Crippen molar-refractivity contribution in [1.29, 1.82) is 0 Å². The molecule has 1 aromatic heterocycles. The summed E-state index contributed by atoms with van der Waals surface area (Å²) in [5, 5.41) is 0. The van der Waals surface area contributed by atoms with Crippen molar-refractivity contribution in [3.8, 4) is 0 Å². The van der Waals surface area contributed by atoms with Crippen molar-refractivity contribution in [2.45, 2.75) is 6.92 Å². The van der Waals surface area contributed by atoms with Gasteiger partial charge in [-0.2, -0.15) is 0 Å². The van der Waals surface area contributed by atoms with Crippen molar-refractivity contribution in [1.82, 2.24) is 9.97 Å². The molecule has 0 amide bonds. The van der Waals surface area contributed by atoms with Gasteiger partial charge in [0.15, 0.2) is 5.82 Å². The van der Waals surface area contributed by atoms with Crippen LogP contribution in [-0.2, 0) is 0 Å². The zero-order valence-electron chi connectivity index (χ0n) is 7.51. The van der Waals surface area contributed by atoms with Crippen LogP contribution in [0.25, 0.3) is 5.57 Å². The summed E-state index contributed by atoms with van der Waals surface area (Å²) in [6.07, 6.45) is 8.83. The number of nitrogens with zero attached hydrogens (tertiary/aromatic N) is 3. The van der Waals surface area contributed by atoms with Gasteiger partial charge in [0, 0.05) is 24.2 Å². The molecule has 13 heavy (non-hydrogen) atoms. The summed E-state index contributed by atoms with van der Waals surface area (Å²) in [7, 11) is 0. The van der Waals surface area contributed by atoms with Crippen LogP contribution in [0.5, 0.6) is 0 Å². The van der Waals surface area contributed by atoms with Crippen LogP contribution in [0.15, 0.2) is 41.8 Å². The second-order valence-electron chi connectivity index (χ2n) is 2.34. The van der Waals surface area contributed by atoms with E-state index in [0.29, 0.717) is 5.82 Å². The Kier molecular flexibility index (Phi) is 3.57. The Labute approximate surface area is 77.6 Å². The van der Waals surface area contributed by atoms with Gasteiger partial charge < -0.3 is 0 Å². The van der Waals surface area contributed by atoms with Gasteiger partial charge in [-0.15, -0.1) is 0 Å². The first-order valence-corrected chi connectivity index (χ1v) is 3.94. The van der Waals surface area contributed by atoms with Crippen LogP contribution >= 0.6 is 0 Å². The molecule has 1 rings (SSSR count). The number of aromatic nitrogens is 2. The Morgan fingerprint density at radius 3 is 2.69 bits per heavy atom. The van der Waals surface area contributed by atoms with Gasteiger partial charge in [-0.25, -0.2) is 9.97 Å². The van der Waals surface area contributed by atoms with E-state index in [1.165, 1.54) is 0 Å². The first-order chi connectivity index (χ1) is 6.38. The molecule has 0 aliphatic heterocycles. The molecule has 0 radical (unpaired) electrons. The summed E-state index contributed by atoms with van der Waals surface area (Å²) in [5.41, 5.74) is 0.859. The molecule has 0 fully saturated rings. The molecule has 0 saturated heterocycles. The lowest BCUT2D eigenvalue weighted by Gasteiger charge is -1.96. The van der Waals surface area contributed by atoms with Gasteiger partial charge in [0.1, 0.15) is 0 Å². The van der Waals surface area contributed by atoms with Crippen LogP contribution < -0.4 is 0 Å². The third-order valence-corrected chi connectivity index (χ3v) is 1.40. The van der Waals surface area contributed by atoms with E-state index in [4.69, 9.17) is 0 Å². The van der Waals surface area contributed by atoms with Gasteiger partial charge in [0.05, 0.1) is 0 Å². The van der Waals surface area contributed by atoms with Crippen molar-refractivity contribution in [3.05, 3.63) is 42.6 Å². The summed E-state index contributed by atoms with van der Waals surface area (Å²) in [6.45, 7) is 5.32.